The van der Waals surface area contributed by atoms with E-state index in [1.54, 1.807) is 24.3 Å². The maximum absolute atomic E-state index is 12.9. The molecule has 0 aliphatic rings. The van der Waals surface area contributed by atoms with E-state index in [0.717, 1.165) is 32.1 Å². The highest BCUT2D eigenvalue weighted by Crippen LogP contribution is 2.23. The fourth-order valence-electron chi connectivity index (χ4n) is 2.70. The Bertz CT molecular complexity index is 807. The lowest BCUT2D eigenvalue weighted by molar-refractivity contribution is 0.0580. The highest BCUT2D eigenvalue weighted by atomic mass is 35.5. The number of unbranched alkanes of at least 4 members (excludes halogenated alkanes) is 2. The number of carbonyl (C=O) groups is 2. The molecule has 0 aliphatic carbocycles. The Hall–Kier alpha value is -2.04. The molecule has 0 aliphatic heterocycles. The molecule has 1 N–H and O–H groups in total. The second-order valence-corrected chi connectivity index (χ2v) is 7.50. The third-order valence-corrected chi connectivity index (χ3v) is 5.16. The summed E-state index contributed by atoms with van der Waals surface area (Å²) in [7, 11) is 0. The minimum Gasteiger partial charge on any atom is -0.267 e. The summed E-state index contributed by atoms with van der Waals surface area (Å²) in [4.78, 5) is 25.5. The van der Waals surface area contributed by atoms with E-state index >= 15 is 0 Å². The van der Waals surface area contributed by atoms with Gasteiger partial charge in [0.25, 0.3) is 11.8 Å². The van der Waals surface area contributed by atoms with Crippen molar-refractivity contribution in [3.05, 3.63) is 69.2 Å². The summed E-state index contributed by atoms with van der Waals surface area (Å²) in [6.07, 6.45) is 4.91. The van der Waals surface area contributed by atoms with Gasteiger partial charge in [-0.15, -0.1) is 0 Å². The molecule has 0 spiro atoms. The van der Waals surface area contributed by atoms with Crippen LogP contribution in [0.5, 0.6) is 0 Å². The zero-order chi connectivity index (χ0) is 20.5. The van der Waals surface area contributed by atoms with Crippen LogP contribution < -0.4 is 5.43 Å². The lowest BCUT2D eigenvalue weighted by Gasteiger charge is -2.23. The van der Waals surface area contributed by atoms with Gasteiger partial charge in [0.05, 0.1) is 10.0 Å². The molecule has 2 aromatic rings. The van der Waals surface area contributed by atoms with Gasteiger partial charge in [-0.3, -0.25) is 15.0 Å². The van der Waals surface area contributed by atoms with Crippen molar-refractivity contribution in [2.75, 3.05) is 6.54 Å². The van der Waals surface area contributed by atoms with Crippen LogP contribution in [0.4, 0.5) is 0 Å². The highest BCUT2D eigenvalue weighted by molar-refractivity contribution is 6.42. The number of nitrogens with one attached hydrogen (secondary N) is 1. The topological polar surface area (TPSA) is 49.4 Å². The molecule has 28 heavy (non-hydrogen) atoms. The summed E-state index contributed by atoms with van der Waals surface area (Å²) in [5.74, 6) is -0.633. The van der Waals surface area contributed by atoms with E-state index in [1.807, 2.05) is 19.1 Å². The molecule has 6 heteroatoms. The molecule has 4 nitrogen and oxygen atoms in total. The first-order valence-electron chi connectivity index (χ1n) is 9.63. The monoisotopic (exact) mass is 420 g/mol. The van der Waals surface area contributed by atoms with Crippen molar-refractivity contribution in [2.24, 2.45) is 0 Å². The average molecular weight is 421 g/mol. The highest BCUT2D eigenvalue weighted by Gasteiger charge is 2.19. The van der Waals surface area contributed by atoms with Gasteiger partial charge in [-0.25, -0.2) is 5.01 Å². The van der Waals surface area contributed by atoms with Crippen LogP contribution >= 0.6 is 23.2 Å². The molecule has 0 bridgehead atoms. The van der Waals surface area contributed by atoms with E-state index in [1.165, 1.54) is 16.6 Å². The van der Waals surface area contributed by atoms with Crippen LogP contribution in [0.15, 0.2) is 42.5 Å². The van der Waals surface area contributed by atoms with E-state index in [0.29, 0.717) is 27.7 Å². The van der Waals surface area contributed by atoms with Gasteiger partial charge in [-0.1, -0.05) is 62.0 Å². The second-order valence-electron chi connectivity index (χ2n) is 6.68. The van der Waals surface area contributed by atoms with Gasteiger partial charge < -0.3 is 0 Å². The maximum Gasteiger partial charge on any atom is 0.272 e. The van der Waals surface area contributed by atoms with Crippen molar-refractivity contribution < 1.29 is 9.59 Å². The van der Waals surface area contributed by atoms with E-state index in [9.17, 15) is 9.59 Å². The van der Waals surface area contributed by atoms with Crippen LogP contribution in [0.2, 0.25) is 10.0 Å². The molecule has 0 atom stereocenters. The van der Waals surface area contributed by atoms with Crippen LogP contribution in [-0.4, -0.2) is 23.4 Å². The molecule has 0 aromatic heterocycles. The van der Waals surface area contributed by atoms with Gasteiger partial charge in [0.2, 0.25) is 0 Å². The van der Waals surface area contributed by atoms with Crippen LogP contribution in [0.1, 0.15) is 65.8 Å². The SMILES string of the molecule is CCCCc1ccc(C(=O)NN(CCCC)C(=O)c2ccc(Cl)c(Cl)c2)cc1. The Morgan fingerprint density at radius 3 is 2.14 bits per heavy atom. The lowest BCUT2D eigenvalue weighted by atomic mass is 10.1. The van der Waals surface area contributed by atoms with Gasteiger partial charge >= 0.3 is 0 Å². The summed E-state index contributed by atoms with van der Waals surface area (Å²) in [6.45, 7) is 4.59. The number of amides is 2. The van der Waals surface area contributed by atoms with Crippen molar-refractivity contribution in [1.29, 1.82) is 0 Å². The molecule has 2 amide bonds. The van der Waals surface area contributed by atoms with Crippen molar-refractivity contribution in [3.63, 3.8) is 0 Å². The van der Waals surface area contributed by atoms with E-state index in [4.69, 9.17) is 23.2 Å². The first-order valence-corrected chi connectivity index (χ1v) is 10.4. The molecular formula is C22H26Cl2N2O2. The summed E-state index contributed by atoms with van der Waals surface area (Å²) < 4.78 is 0. The van der Waals surface area contributed by atoms with Crippen LogP contribution in [0.25, 0.3) is 0 Å². The zero-order valence-electron chi connectivity index (χ0n) is 16.3. The van der Waals surface area contributed by atoms with Crippen molar-refractivity contribution >= 4 is 35.0 Å². The Labute approximate surface area is 176 Å². The van der Waals surface area contributed by atoms with Gasteiger partial charge in [-0.05, 0) is 55.2 Å². The molecule has 2 aromatic carbocycles. The third-order valence-electron chi connectivity index (χ3n) is 4.42. The smallest absolute Gasteiger partial charge is 0.267 e. The van der Waals surface area contributed by atoms with Gasteiger partial charge in [0.1, 0.15) is 0 Å². The molecule has 0 unspecified atom stereocenters. The Kier molecular flexibility index (Phi) is 8.81. The van der Waals surface area contributed by atoms with E-state index in [-0.39, 0.29) is 11.8 Å². The summed E-state index contributed by atoms with van der Waals surface area (Å²) in [6, 6.07) is 12.2. The Morgan fingerprint density at radius 2 is 1.54 bits per heavy atom. The zero-order valence-corrected chi connectivity index (χ0v) is 17.8. The molecule has 0 saturated carbocycles. The van der Waals surface area contributed by atoms with Crippen molar-refractivity contribution in [2.45, 2.75) is 46.0 Å². The predicted octanol–water partition coefficient (Wildman–Crippen LogP) is 5.92. The molecular weight excluding hydrogens is 395 g/mol. The first kappa shape index (κ1) is 22.3. The van der Waals surface area contributed by atoms with Crippen LogP contribution in [0, 0.1) is 0 Å². The Morgan fingerprint density at radius 1 is 0.893 bits per heavy atom. The number of aryl methyl sites for hydroxylation is 1. The largest absolute Gasteiger partial charge is 0.272 e. The van der Waals surface area contributed by atoms with Crippen LogP contribution in [0.3, 0.4) is 0 Å². The average Bonchev–Trinajstić information content (AvgIpc) is 2.71. The minimum atomic E-state index is -0.320. The third kappa shape index (κ3) is 6.25. The fourth-order valence-corrected chi connectivity index (χ4v) is 3.00. The van der Waals surface area contributed by atoms with Crippen LogP contribution in [-0.2, 0) is 6.42 Å². The maximum atomic E-state index is 12.9. The number of carbonyl (C=O) groups excluding carboxylic acids is 2. The number of hydrogen-bond acceptors (Lipinski definition) is 2. The lowest BCUT2D eigenvalue weighted by Crippen LogP contribution is -2.46. The van der Waals surface area contributed by atoms with Crippen molar-refractivity contribution in [3.8, 4) is 0 Å². The van der Waals surface area contributed by atoms with Gasteiger partial charge in [0, 0.05) is 17.7 Å². The summed E-state index contributed by atoms with van der Waals surface area (Å²) >= 11 is 12.0. The molecule has 150 valence electrons. The number of hydrogen-bond donors (Lipinski definition) is 1. The summed E-state index contributed by atoms with van der Waals surface area (Å²) in [5.41, 5.74) is 4.83. The number of benzene rings is 2. The second kappa shape index (κ2) is 11.1. The number of rotatable bonds is 8. The normalized spacial score (nSPS) is 10.6. The number of halogens is 2. The van der Waals surface area contributed by atoms with Gasteiger partial charge in [-0.2, -0.15) is 0 Å². The van der Waals surface area contributed by atoms with Crippen molar-refractivity contribution in [1.82, 2.24) is 10.4 Å². The first-order chi connectivity index (χ1) is 13.5. The van der Waals surface area contributed by atoms with E-state index < -0.39 is 0 Å². The molecule has 0 fully saturated rings. The summed E-state index contributed by atoms with van der Waals surface area (Å²) in [5, 5.41) is 2.03. The van der Waals surface area contributed by atoms with Gasteiger partial charge in [0.15, 0.2) is 0 Å². The quantitative estimate of drug-likeness (QED) is 0.538. The fraction of sp³-hybridized carbons (Fsp3) is 0.364. The molecule has 0 heterocycles. The van der Waals surface area contributed by atoms with E-state index in [2.05, 4.69) is 12.3 Å². The standard InChI is InChI=1S/C22H26Cl2N2O2/c1-3-5-7-16-8-10-17(11-9-16)21(27)25-26(14-6-4-2)22(28)18-12-13-19(23)20(24)15-18/h8-13,15H,3-7,14H2,1-2H3,(H,25,27). The number of nitrogens with zero attached hydrogens (tertiary/aromatic N) is 1. The minimum absolute atomic E-state index is 0.303. The predicted molar refractivity (Wildman–Crippen MR) is 115 cm³/mol. The number of hydrazine groups is 1. The molecule has 2 rings (SSSR count). The molecule has 0 radical (unpaired) electrons. The molecule has 0 saturated heterocycles. The Balaban J connectivity index is 2.12.